The number of rotatable bonds is 2. The molecule has 6 heteroatoms. The predicted molar refractivity (Wildman–Crippen MR) is 57.6 cm³/mol. The van der Waals surface area contributed by atoms with Crippen molar-refractivity contribution in [1.82, 2.24) is 15.2 Å². The normalized spacial score (nSPS) is 25.3. The molecule has 2 unspecified atom stereocenters. The van der Waals surface area contributed by atoms with Gasteiger partial charge in [-0.1, -0.05) is 13.3 Å². The van der Waals surface area contributed by atoms with Crippen molar-refractivity contribution in [2.75, 3.05) is 5.73 Å². The Morgan fingerprint density at radius 3 is 2.88 bits per heavy atom. The SMILES string of the molecule is CC1CCCCC1OC(=O)c1nc(N)n[nH]1. The van der Waals surface area contributed by atoms with Crippen LogP contribution in [0.1, 0.15) is 43.2 Å². The van der Waals surface area contributed by atoms with E-state index < -0.39 is 5.97 Å². The average Bonchev–Trinajstić information content (AvgIpc) is 2.68. The zero-order chi connectivity index (χ0) is 11.5. The molecule has 1 fully saturated rings. The summed E-state index contributed by atoms with van der Waals surface area (Å²) < 4.78 is 5.37. The molecular formula is C10H16N4O2. The van der Waals surface area contributed by atoms with Crippen LogP contribution in [0.4, 0.5) is 5.95 Å². The maximum atomic E-state index is 11.7. The van der Waals surface area contributed by atoms with Gasteiger partial charge in [-0.3, -0.25) is 5.10 Å². The molecule has 3 N–H and O–H groups in total. The van der Waals surface area contributed by atoms with Gasteiger partial charge in [-0.25, -0.2) is 4.79 Å². The van der Waals surface area contributed by atoms with Crippen molar-refractivity contribution < 1.29 is 9.53 Å². The number of nitrogen functional groups attached to an aromatic ring is 1. The first-order valence-corrected chi connectivity index (χ1v) is 5.55. The van der Waals surface area contributed by atoms with E-state index in [9.17, 15) is 4.79 Å². The fourth-order valence-corrected chi connectivity index (χ4v) is 2.02. The van der Waals surface area contributed by atoms with E-state index in [4.69, 9.17) is 10.5 Å². The fourth-order valence-electron chi connectivity index (χ4n) is 2.02. The highest BCUT2D eigenvalue weighted by molar-refractivity contribution is 5.85. The van der Waals surface area contributed by atoms with Gasteiger partial charge in [0.1, 0.15) is 6.10 Å². The Hall–Kier alpha value is -1.59. The number of esters is 1. The Kier molecular flexibility index (Phi) is 3.07. The molecule has 0 spiro atoms. The van der Waals surface area contributed by atoms with Crippen LogP contribution in [0.25, 0.3) is 0 Å². The van der Waals surface area contributed by atoms with E-state index in [1.807, 2.05) is 0 Å². The van der Waals surface area contributed by atoms with Crippen LogP contribution < -0.4 is 5.73 Å². The fraction of sp³-hybridized carbons (Fsp3) is 0.700. The lowest BCUT2D eigenvalue weighted by Crippen LogP contribution is -2.28. The summed E-state index contributed by atoms with van der Waals surface area (Å²) in [7, 11) is 0. The minimum Gasteiger partial charge on any atom is -0.456 e. The number of carbonyl (C=O) groups excluding carboxylic acids is 1. The van der Waals surface area contributed by atoms with Gasteiger partial charge >= 0.3 is 5.97 Å². The molecule has 1 aromatic heterocycles. The Morgan fingerprint density at radius 1 is 1.50 bits per heavy atom. The van der Waals surface area contributed by atoms with Crippen molar-refractivity contribution >= 4 is 11.9 Å². The largest absolute Gasteiger partial charge is 0.456 e. The minimum atomic E-state index is -0.469. The van der Waals surface area contributed by atoms with Crippen LogP contribution in [-0.2, 0) is 4.74 Å². The van der Waals surface area contributed by atoms with Crippen LogP contribution in [0.15, 0.2) is 0 Å². The molecule has 1 aromatic rings. The first-order chi connectivity index (χ1) is 7.66. The average molecular weight is 224 g/mol. The van der Waals surface area contributed by atoms with Gasteiger partial charge in [0.05, 0.1) is 0 Å². The van der Waals surface area contributed by atoms with E-state index in [1.165, 1.54) is 6.42 Å². The molecule has 2 atom stereocenters. The van der Waals surface area contributed by atoms with Crippen LogP contribution in [0.5, 0.6) is 0 Å². The first-order valence-electron chi connectivity index (χ1n) is 5.55. The van der Waals surface area contributed by atoms with Gasteiger partial charge in [-0.05, 0) is 25.2 Å². The molecule has 1 heterocycles. The van der Waals surface area contributed by atoms with Gasteiger partial charge in [-0.15, -0.1) is 5.10 Å². The summed E-state index contributed by atoms with van der Waals surface area (Å²) in [4.78, 5) is 15.4. The van der Waals surface area contributed by atoms with Crippen molar-refractivity contribution in [3.05, 3.63) is 5.82 Å². The first kappa shape index (κ1) is 10.9. The Labute approximate surface area is 93.6 Å². The summed E-state index contributed by atoms with van der Waals surface area (Å²) in [5.74, 6) is 0.0832. The minimum absolute atomic E-state index is 0.00688. The Balaban J connectivity index is 1.96. The lowest BCUT2D eigenvalue weighted by atomic mass is 9.88. The topological polar surface area (TPSA) is 93.9 Å². The summed E-state index contributed by atoms with van der Waals surface area (Å²) in [6, 6.07) is 0. The van der Waals surface area contributed by atoms with Gasteiger partial charge < -0.3 is 10.5 Å². The van der Waals surface area contributed by atoms with E-state index >= 15 is 0 Å². The van der Waals surface area contributed by atoms with Crippen molar-refractivity contribution in [2.24, 2.45) is 5.92 Å². The second-order valence-electron chi connectivity index (χ2n) is 4.25. The maximum absolute atomic E-state index is 11.7. The molecule has 0 aromatic carbocycles. The van der Waals surface area contributed by atoms with E-state index in [0.717, 1.165) is 19.3 Å². The van der Waals surface area contributed by atoms with Crippen LogP contribution in [0.3, 0.4) is 0 Å². The number of H-pyrrole nitrogens is 1. The van der Waals surface area contributed by atoms with E-state index in [1.54, 1.807) is 0 Å². The zero-order valence-corrected chi connectivity index (χ0v) is 9.27. The number of anilines is 1. The molecule has 1 aliphatic carbocycles. The molecule has 2 rings (SSSR count). The number of hydrogen-bond donors (Lipinski definition) is 2. The monoisotopic (exact) mass is 224 g/mol. The molecule has 0 saturated heterocycles. The molecule has 1 saturated carbocycles. The van der Waals surface area contributed by atoms with Crippen molar-refractivity contribution in [1.29, 1.82) is 0 Å². The number of nitrogens with zero attached hydrogens (tertiary/aromatic N) is 2. The number of hydrogen-bond acceptors (Lipinski definition) is 5. The third-order valence-electron chi connectivity index (χ3n) is 2.99. The van der Waals surface area contributed by atoms with Crippen molar-refractivity contribution in [3.63, 3.8) is 0 Å². The number of nitrogens with two attached hydrogens (primary N) is 1. The molecule has 0 radical (unpaired) electrons. The summed E-state index contributed by atoms with van der Waals surface area (Å²) >= 11 is 0. The van der Waals surface area contributed by atoms with Gasteiger partial charge in [0.25, 0.3) is 0 Å². The molecule has 88 valence electrons. The highest BCUT2D eigenvalue weighted by atomic mass is 16.5. The number of ether oxygens (including phenoxy) is 1. The number of aromatic nitrogens is 3. The Bertz CT molecular complexity index is 377. The van der Waals surface area contributed by atoms with Crippen LogP contribution in [0, 0.1) is 5.92 Å². The van der Waals surface area contributed by atoms with Crippen LogP contribution in [0.2, 0.25) is 0 Å². The molecule has 0 bridgehead atoms. The highest BCUT2D eigenvalue weighted by Gasteiger charge is 2.26. The van der Waals surface area contributed by atoms with Gasteiger partial charge in [0.2, 0.25) is 11.8 Å². The second kappa shape index (κ2) is 4.51. The second-order valence-corrected chi connectivity index (χ2v) is 4.25. The lowest BCUT2D eigenvalue weighted by Gasteiger charge is -2.27. The molecule has 1 aliphatic rings. The van der Waals surface area contributed by atoms with Gasteiger partial charge in [0.15, 0.2) is 0 Å². The molecule has 16 heavy (non-hydrogen) atoms. The van der Waals surface area contributed by atoms with Gasteiger partial charge in [0, 0.05) is 0 Å². The number of carbonyl (C=O) groups is 1. The molecule has 0 aliphatic heterocycles. The zero-order valence-electron chi connectivity index (χ0n) is 9.27. The summed E-state index contributed by atoms with van der Waals surface area (Å²) in [6.07, 6.45) is 4.35. The van der Waals surface area contributed by atoms with Crippen LogP contribution in [-0.4, -0.2) is 27.3 Å². The summed E-state index contributed by atoms with van der Waals surface area (Å²) in [5.41, 5.74) is 5.32. The third-order valence-corrected chi connectivity index (χ3v) is 2.99. The summed E-state index contributed by atoms with van der Waals surface area (Å²) in [6.45, 7) is 2.10. The van der Waals surface area contributed by atoms with Crippen molar-refractivity contribution in [3.8, 4) is 0 Å². The maximum Gasteiger partial charge on any atom is 0.376 e. The molecular weight excluding hydrogens is 208 g/mol. The predicted octanol–water partition coefficient (Wildman–Crippen LogP) is 1.12. The molecule has 6 nitrogen and oxygen atoms in total. The standard InChI is InChI=1S/C10H16N4O2/c1-6-4-2-3-5-7(6)16-9(15)8-12-10(11)14-13-8/h6-7H,2-5H2,1H3,(H3,11,12,13,14). The summed E-state index contributed by atoms with van der Waals surface area (Å²) in [5, 5.41) is 6.04. The smallest absolute Gasteiger partial charge is 0.376 e. The quantitative estimate of drug-likeness (QED) is 0.734. The third kappa shape index (κ3) is 2.32. The van der Waals surface area contributed by atoms with E-state index in [0.29, 0.717) is 5.92 Å². The molecule has 0 amide bonds. The number of nitrogens with one attached hydrogen (secondary N) is 1. The van der Waals surface area contributed by atoms with E-state index in [-0.39, 0.29) is 17.9 Å². The Morgan fingerprint density at radius 2 is 2.25 bits per heavy atom. The highest BCUT2D eigenvalue weighted by Crippen LogP contribution is 2.26. The van der Waals surface area contributed by atoms with E-state index in [2.05, 4.69) is 22.1 Å². The lowest BCUT2D eigenvalue weighted by molar-refractivity contribution is 0.00359. The number of aromatic amines is 1. The van der Waals surface area contributed by atoms with Crippen molar-refractivity contribution in [2.45, 2.75) is 38.7 Å². The van der Waals surface area contributed by atoms with Gasteiger partial charge in [-0.2, -0.15) is 4.98 Å². The van der Waals surface area contributed by atoms with Crippen LogP contribution >= 0.6 is 0 Å².